The number of allylic oxidation sites excluding steroid dienone is 2. The molecule has 2 atom stereocenters. The fourth-order valence-electron chi connectivity index (χ4n) is 1.73. The highest BCUT2D eigenvalue weighted by molar-refractivity contribution is 6.74. The summed E-state index contributed by atoms with van der Waals surface area (Å²) in [6.07, 6.45) is 2.46. The molecule has 3 nitrogen and oxygen atoms in total. The first-order chi connectivity index (χ1) is 8.89. The molecule has 0 saturated carbocycles. The summed E-state index contributed by atoms with van der Waals surface area (Å²) < 4.78 is 32.5. The van der Waals surface area contributed by atoms with Gasteiger partial charge in [0.05, 0.1) is 5.54 Å². The molecule has 0 aliphatic heterocycles. The van der Waals surface area contributed by atoms with Crippen LogP contribution in [0.5, 0.6) is 0 Å². The summed E-state index contributed by atoms with van der Waals surface area (Å²) >= 11 is 0. The van der Waals surface area contributed by atoms with Crippen LogP contribution < -0.4 is 11.5 Å². The van der Waals surface area contributed by atoms with Crippen LogP contribution in [0.2, 0.25) is 18.1 Å². The Labute approximate surface area is 121 Å². The van der Waals surface area contributed by atoms with Gasteiger partial charge in [-0.3, -0.25) is 0 Å². The molecule has 1 aliphatic carbocycles. The third-order valence-corrected chi connectivity index (χ3v) is 8.91. The number of halogens is 2. The summed E-state index contributed by atoms with van der Waals surface area (Å²) in [6.45, 7) is 11.1. The van der Waals surface area contributed by atoms with Crippen molar-refractivity contribution in [1.29, 1.82) is 0 Å². The van der Waals surface area contributed by atoms with Crippen molar-refractivity contribution in [3.63, 3.8) is 0 Å². The van der Waals surface area contributed by atoms with Crippen LogP contribution in [-0.4, -0.2) is 26.5 Å². The first-order valence-electron chi connectivity index (χ1n) is 6.83. The van der Waals surface area contributed by atoms with Gasteiger partial charge in [-0.25, -0.2) is 8.78 Å². The van der Waals surface area contributed by atoms with E-state index < -0.39 is 31.6 Å². The van der Waals surface area contributed by atoms with E-state index >= 15 is 0 Å². The molecule has 0 amide bonds. The lowest BCUT2D eigenvalue weighted by Gasteiger charge is -2.38. The summed E-state index contributed by atoms with van der Waals surface area (Å²) in [5.74, 6) is -1.88. The molecule has 0 heterocycles. The molecule has 0 radical (unpaired) electrons. The quantitative estimate of drug-likeness (QED) is 0.784. The predicted molar refractivity (Wildman–Crippen MR) is 81.0 cm³/mol. The van der Waals surface area contributed by atoms with Crippen molar-refractivity contribution in [3.8, 4) is 0 Å². The van der Waals surface area contributed by atoms with Crippen molar-refractivity contribution in [1.82, 2.24) is 0 Å². The zero-order chi connectivity index (χ0) is 15.8. The van der Waals surface area contributed by atoms with Gasteiger partial charge in [0.15, 0.2) is 20.0 Å². The lowest BCUT2D eigenvalue weighted by Crippen LogP contribution is -2.55. The maximum absolute atomic E-state index is 13.3. The molecule has 0 spiro atoms. The van der Waals surface area contributed by atoms with Gasteiger partial charge in [0.1, 0.15) is 0 Å². The third kappa shape index (κ3) is 3.75. The number of hydrogen-bond acceptors (Lipinski definition) is 3. The topological polar surface area (TPSA) is 61.3 Å². The van der Waals surface area contributed by atoms with Gasteiger partial charge in [-0.2, -0.15) is 0 Å². The summed E-state index contributed by atoms with van der Waals surface area (Å²) in [5, 5.41) is 0.0938. The minimum absolute atomic E-state index is 0.0938. The number of nitrogens with two attached hydrogens (primary N) is 2. The Bertz CT molecular complexity index is 429. The second-order valence-electron chi connectivity index (χ2n) is 7.00. The second-order valence-corrected chi connectivity index (χ2v) is 11.8. The minimum atomic E-state index is -1.88. The van der Waals surface area contributed by atoms with E-state index in [0.29, 0.717) is 13.0 Å². The predicted octanol–water partition coefficient (Wildman–Crippen LogP) is 3.14. The van der Waals surface area contributed by atoms with Crippen LogP contribution in [0, 0.1) is 0 Å². The van der Waals surface area contributed by atoms with Crippen molar-refractivity contribution >= 4 is 8.32 Å². The molecular weight excluding hydrogens is 278 g/mol. The van der Waals surface area contributed by atoms with Gasteiger partial charge in [-0.1, -0.05) is 20.8 Å². The molecule has 0 saturated heterocycles. The van der Waals surface area contributed by atoms with Crippen LogP contribution in [-0.2, 0) is 4.43 Å². The van der Waals surface area contributed by atoms with Gasteiger partial charge < -0.3 is 15.9 Å². The van der Waals surface area contributed by atoms with Crippen LogP contribution in [0.4, 0.5) is 8.78 Å². The van der Waals surface area contributed by atoms with Crippen LogP contribution in [0.15, 0.2) is 23.8 Å². The molecule has 20 heavy (non-hydrogen) atoms. The first-order valence-corrected chi connectivity index (χ1v) is 9.74. The van der Waals surface area contributed by atoms with Gasteiger partial charge in [0.25, 0.3) is 0 Å². The summed E-state index contributed by atoms with van der Waals surface area (Å²) in [5.41, 5.74) is 10.8. The van der Waals surface area contributed by atoms with E-state index in [-0.39, 0.29) is 5.04 Å². The Morgan fingerprint density at radius 1 is 1.30 bits per heavy atom. The average molecular weight is 304 g/mol. The zero-order valence-corrected chi connectivity index (χ0v) is 14.0. The average Bonchev–Trinajstić information content (AvgIpc) is 2.24. The summed E-state index contributed by atoms with van der Waals surface area (Å²) in [4.78, 5) is 0. The Balaban J connectivity index is 2.67. The highest BCUT2D eigenvalue weighted by Crippen LogP contribution is 2.37. The molecule has 0 bridgehead atoms. The standard InChI is InChI=1S/C14H26F2N2OSi/c1-13(2,3)20(4,5)19-7-6-14(18)9-11(16)10(15)8-12(14)17/h8-9,12H,6-7,17-18H2,1-5H3. The second kappa shape index (κ2) is 5.67. The van der Waals surface area contributed by atoms with E-state index in [1.807, 2.05) is 0 Å². The molecular formula is C14H26F2N2OSi. The van der Waals surface area contributed by atoms with Crippen LogP contribution in [0.3, 0.4) is 0 Å². The fourth-order valence-corrected chi connectivity index (χ4v) is 2.78. The maximum atomic E-state index is 13.3. The van der Waals surface area contributed by atoms with E-state index in [2.05, 4.69) is 33.9 Å². The molecule has 1 rings (SSSR count). The van der Waals surface area contributed by atoms with Gasteiger partial charge in [-0.15, -0.1) is 0 Å². The van der Waals surface area contributed by atoms with Crippen LogP contribution in [0.25, 0.3) is 0 Å². The molecule has 0 aromatic heterocycles. The molecule has 6 heteroatoms. The van der Waals surface area contributed by atoms with Crippen LogP contribution in [0.1, 0.15) is 27.2 Å². The normalized spacial score (nSPS) is 28.1. The van der Waals surface area contributed by atoms with Crippen molar-refractivity contribution in [3.05, 3.63) is 23.8 Å². The lowest BCUT2D eigenvalue weighted by atomic mass is 9.84. The monoisotopic (exact) mass is 304 g/mol. The highest BCUT2D eigenvalue weighted by atomic mass is 28.4. The first kappa shape index (κ1) is 17.5. The largest absolute Gasteiger partial charge is 0.417 e. The van der Waals surface area contributed by atoms with Gasteiger partial charge >= 0.3 is 0 Å². The van der Waals surface area contributed by atoms with Crippen molar-refractivity contribution in [2.45, 2.75) is 56.9 Å². The van der Waals surface area contributed by atoms with Crippen molar-refractivity contribution in [2.24, 2.45) is 11.5 Å². The Kier molecular flexibility index (Phi) is 4.96. The third-order valence-electron chi connectivity index (χ3n) is 4.37. The maximum Gasteiger partial charge on any atom is 0.191 e. The van der Waals surface area contributed by atoms with E-state index in [0.717, 1.165) is 12.2 Å². The molecule has 0 aromatic rings. The summed E-state index contributed by atoms with van der Waals surface area (Å²) in [7, 11) is -1.88. The van der Waals surface area contributed by atoms with E-state index in [1.165, 1.54) is 0 Å². The van der Waals surface area contributed by atoms with Crippen molar-refractivity contribution < 1.29 is 13.2 Å². The SMILES string of the molecule is CC(C)(C)[Si](C)(C)OCCC1(N)C=C(F)C(F)=CC1N. The number of rotatable bonds is 4. The Hall–Kier alpha value is -0.563. The van der Waals surface area contributed by atoms with Gasteiger partial charge in [0, 0.05) is 12.6 Å². The fraction of sp³-hybridized carbons (Fsp3) is 0.714. The molecule has 1 aliphatic rings. The Morgan fingerprint density at radius 3 is 2.35 bits per heavy atom. The van der Waals surface area contributed by atoms with Gasteiger partial charge in [-0.05, 0) is 36.7 Å². The smallest absolute Gasteiger partial charge is 0.191 e. The van der Waals surface area contributed by atoms with E-state index in [9.17, 15) is 8.78 Å². The Morgan fingerprint density at radius 2 is 1.85 bits per heavy atom. The van der Waals surface area contributed by atoms with Gasteiger partial charge in [0.2, 0.25) is 0 Å². The molecule has 4 N–H and O–H groups in total. The summed E-state index contributed by atoms with van der Waals surface area (Å²) in [6, 6.07) is -0.745. The van der Waals surface area contributed by atoms with Crippen LogP contribution >= 0.6 is 0 Å². The van der Waals surface area contributed by atoms with E-state index in [1.54, 1.807) is 0 Å². The molecule has 2 unspecified atom stereocenters. The van der Waals surface area contributed by atoms with E-state index in [4.69, 9.17) is 15.9 Å². The zero-order valence-electron chi connectivity index (χ0n) is 13.0. The lowest BCUT2D eigenvalue weighted by molar-refractivity contribution is 0.245. The van der Waals surface area contributed by atoms with Crippen molar-refractivity contribution in [2.75, 3.05) is 6.61 Å². The molecule has 0 fully saturated rings. The molecule has 116 valence electrons. The highest BCUT2D eigenvalue weighted by Gasteiger charge is 2.39. The minimum Gasteiger partial charge on any atom is -0.417 e. The number of hydrogen-bond donors (Lipinski definition) is 2. The molecule has 0 aromatic carbocycles.